The number of rotatable bonds is 6. The molecular formula is C15H16N2O3. The van der Waals surface area contributed by atoms with Crippen LogP contribution in [0.25, 0.3) is 0 Å². The van der Waals surface area contributed by atoms with Crippen LogP contribution in [0, 0.1) is 0 Å². The van der Waals surface area contributed by atoms with Gasteiger partial charge in [0.2, 0.25) is 0 Å². The smallest absolute Gasteiger partial charge is 0.344 e. The Balaban J connectivity index is 1.68. The van der Waals surface area contributed by atoms with Crippen molar-refractivity contribution in [2.24, 2.45) is 0 Å². The topological polar surface area (TPSA) is 74.4 Å². The third-order valence-corrected chi connectivity index (χ3v) is 2.56. The van der Waals surface area contributed by atoms with E-state index in [0.717, 1.165) is 5.69 Å². The number of esters is 1. The van der Waals surface area contributed by atoms with Gasteiger partial charge in [-0.2, -0.15) is 0 Å². The quantitative estimate of drug-likeness (QED) is 0.641. The molecule has 0 aliphatic rings. The zero-order valence-electron chi connectivity index (χ0n) is 11.0. The predicted molar refractivity (Wildman–Crippen MR) is 75.2 cm³/mol. The molecule has 0 saturated carbocycles. The number of nitrogens with two attached hydrogens (primary N) is 1. The molecule has 0 aliphatic heterocycles. The normalized spacial score (nSPS) is 10.0. The van der Waals surface area contributed by atoms with E-state index in [4.69, 9.17) is 15.2 Å². The van der Waals surface area contributed by atoms with Crippen LogP contribution in [0.15, 0.2) is 48.7 Å². The second-order valence-electron chi connectivity index (χ2n) is 4.15. The fourth-order valence-corrected chi connectivity index (χ4v) is 1.60. The van der Waals surface area contributed by atoms with Crippen LogP contribution in [0.1, 0.15) is 5.69 Å². The minimum atomic E-state index is -0.414. The van der Waals surface area contributed by atoms with E-state index in [1.54, 1.807) is 30.5 Å². The molecule has 5 heteroatoms. The first kappa shape index (κ1) is 13.9. The number of pyridine rings is 1. The monoisotopic (exact) mass is 272 g/mol. The molecule has 0 aliphatic carbocycles. The van der Waals surface area contributed by atoms with Gasteiger partial charge in [0, 0.05) is 30.1 Å². The number of anilines is 1. The van der Waals surface area contributed by atoms with Crippen molar-refractivity contribution in [3.8, 4) is 5.75 Å². The van der Waals surface area contributed by atoms with Gasteiger partial charge in [0.25, 0.3) is 0 Å². The van der Waals surface area contributed by atoms with E-state index in [0.29, 0.717) is 17.9 Å². The number of carbonyl (C=O) groups excluding carboxylic acids is 1. The van der Waals surface area contributed by atoms with Gasteiger partial charge in [-0.25, -0.2) is 4.79 Å². The van der Waals surface area contributed by atoms with E-state index < -0.39 is 5.97 Å². The van der Waals surface area contributed by atoms with Gasteiger partial charge in [-0.3, -0.25) is 4.98 Å². The Morgan fingerprint density at radius 3 is 2.85 bits per heavy atom. The van der Waals surface area contributed by atoms with Crippen LogP contribution in [0.4, 0.5) is 5.69 Å². The first-order chi connectivity index (χ1) is 9.74. The maximum Gasteiger partial charge on any atom is 0.344 e. The van der Waals surface area contributed by atoms with Crippen molar-refractivity contribution in [2.45, 2.75) is 6.42 Å². The lowest BCUT2D eigenvalue weighted by Crippen LogP contribution is -2.16. The van der Waals surface area contributed by atoms with Gasteiger partial charge in [0.05, 0.1) is 6.61 Å². The Morgan fingerprint density at radius 2 is 2.10 bits per heavy atom. The average Bonchev–Trinajstić information content (AvgIpc) is 2.46. The van der Waals surface area contributed by atoms with Crippen LogP contribution in [-0.4, -0.2) is 24.2 Å². The van der Waals surface area contributed by atoms with E-state index in [9.17, 15) is 4.79 Å². The lowest BCUT2D eigenvalue weighted by molar-refractivity contribution is -0.145. The maximum absolute atomic E-state index is 11.5. The molecule has 2 N–H and O–H groups in total. The first-order valence-corrected chi connectivity index (χ1v) is 6.28. The molecule has 104 valence electrons. The van der Waals surface area contributed by atoms with Gasteiger partial charge >= 0.3 is 5.97 Å². The van der Waals surface area contributed by atoms with Crippen LogP contribution in [0.3, 0.4) is 0 Å². The molecule has 2 aromatic rings. The Labute approximate surface area is 117 Å². The fraction of sp³-hybridized carbons (Fsp3) is 0.200. The van der Waals surface area contributed by atoms with E-state index in [-0.39, 0.29) is 13.2 Å². The van der Waals surface area contributed by atoms with E-state index in [2.05, 4.69) is 4.98 Å². The lowest BCUT2D eigenvalue weighted by atomic mass is 10.3. The zero-order valence-corrected chi connectivity index (χ0v) is 11.0. The molecule has 0 bridgehead atoms. The SMILES string of the molecule is Nc1cccc(OCC(=O)OCCc2ccccn2)c1. The summed E-state index contributed by atoms with van der Waals surface area (Å²) >= 11 is 0. The molecule has 20 heavy (non-hydrogen) atoms. The molecule has 1 aromatic heterocycles. The number of nitrogens with zero attached hydrogens (tertiary/aromatic N) is 1. The highest BCUT2D eigenvalue weighted by molar-refractivity contribution is 5.71. The summed E-state index contributed by atoms with van der Waals surface area (Å²) < 4.78 is 10.3. The van der Waals surface area contributed by atoms with Gasteiger partial charge in [0.15, 0.2) is 6.61 Å². The van der Waals surface area contributed by atoms with Crippen LogP contribution in [0.5, 0.6) is 5.75 Å². The summed E-state index contributed by atoms with van der Waals surface area (Å²) in [6.45, 7) is 0.155. The highest BCUT2D eigenvalue weighted by Gasteiger charge is 2.05. The van der Waals surface area contributed by atoms with Crippen LogP contribution in [0.2, 0.25) is 0 Å². The molecule has 2 rings (SSSR count). The number of nitrogen functional groups attached to an aromatic ring is 1. The third kappa shape index (κ3) is 4.61. The molecule has 0 fully saturated rings. The summed E-state index contributed by atoms with van der Waals surface area (Å²) in [5.41, 5.74) is 7.08. The predicted octanol–water partition coefficient (Wildman–Crippen LogP) is 1.83. The molecule has 0 spiro atoms. The molecule has 0 unspecified atom stereocenters. The average molecular weight is 272 g/mol. The zero-order chi connectivity index (χ0) is 14.2. The summed E-state index contributed by atoms with van der Waals surface area (Å²) in [5.74, 6) is 0.134. The summed E-state index contributed by atoms with van der Waals surface area (Å²) in [4.78, 5) is 15.6. The van der Waals surface area contributed by atoms with Crippen molar-refractivity contribution in [2.75, 3.05) is 18.9 Å². The molecular weight excluding hydrogens is 256 g/mol. The Bertz CT molecular complexity index is 558. The number of aromatic nitrogens is 1. The maximum atomic E-state index is 11.5. The lowest BCUT2D eigenvalue weighted by Gasteiger charge is -2.07. The van der Waals surface area contributed by atoms with Crippen LogP contribution < -0.4 is 10.5 Å². The van der Waals surface area contributed by atoms with E-state index >= 15 is 0 Å². The fourth-order valence-electron chi connectivity index (χ4n) is 1.60. The minimum absolute atomic E-state index is 0.133. The van der Waals surface area contributed by atoms with Crippen LogP contribution in [-0.2, 0) is 16.0 Å². The molecule has 0 saturated heterocycles. The molecule has 1 heterocycles. The minimum Gasteiger partial charge on any atom is -0.482 e. The molecule has 5 nitrogen and oxygen atoms in total. The molecule has 1 aromatic carbocycles. The van der Waals surface area contributed by atoms with Gasteiger partial charge in [-0.15, -0.1) is 0 Å². The van der Waals surface area contributed by atoms with E-state index in [1.807, 2.05) is 18.2 Å². The third-order valence-electron chi connectivity index (χ3n) is 2.56. The van der Waals surface area contributed by atoms with Crippen molar-refractivity contribution in [3.05, 3.63) is 54.4 Å². The number of hydrogen-bond acceptors (Lipinski definition) is 5. The van der Waals surface area contributed by atoms with Crippen molar-refractivity contribution in [1.82, 2.24) is 4.98 Å². The van der Waals surface area contributed by atoms with Gasteiger partial charge < -0.3 is 15.2 Å². The first-order valence-electron chi connectivity index (χ1n) is 6.28. The number of hydrogen-bond donors (Lipinski definition) is 1. The summed E-state index contributed by atoms with van der Waals surface area (Å²) in [7, 11) is 0. The highest BCUT2D eigenvalue weighted by atomic mass is 16.6. The largest absolute Gasteiger partial charge is 0.482 e. The second-order valence-corrected chi connectivity index (χ2v) is 4.15. The standard InChI is InChI=1S/C15H16N2O3/c16-12-4-3-6-14(10-12)20-11-15(18)19-9-7-13-5-1-2-8-17-13/h1-6,8,10H,7,9,11,16H2. The number of benzene rings is 1. The Hall–Kier alpha value is -2.56. The van der Waals surface area contributed by atoms with Gasteiger partial charge in [0.1, 0.15) is 5.75 Å². The van der Waals surface area contributed by atoms with Gasteiger partial charge in [-0.05, 0) is 24.3 Å². The van der Waals surface area contributed by atoms with Gasteiger partial charge in [-0.1, -0.05) is 12.1 Å². The van der Waals surface area contributed by atoms with Crippen molar-refractivity contribution >= 4 is 11.7 Å². The highest BCUT2D eigenvalue weighted by Crippen LogP contribution is 2.14. The van der Waals surface area contributed by atoms with Crippen LogP contribution >= 0.6 is 0 Å². The molecule has 0 radical (unpaired) electrons. The van der Waals surface area contributed by atoms with E-state index in [1.165, 1.54) is 0 Å². The van der Waals surface area contributed by atoms with Crippen molar-refractivity contribution < 1.29 is 14.3 Å². The molecule has 0 atom stereocenters. The number of carbonyl (C=O) groups is 1. The Kier molecular flexibility index (Phi) is 4.94. The second kappa shape index (κ2) is 7.13. The van der Waals surface area contributed by atoms with Crippen molar-refractivity contribution in [1.29, 1.82) is 0 Å². The Morgan fingerprint density at radius 1 is 1.20 bits per heavy atom. The molecule has 0 amide bonds. The summed E-state index contributed by atoms with van der Waals surface area (Å²) in [6.07, 6.45) is 2.30. The summed E-state index contributed by atoms with van der Waals surface area (Å²) in [6, 6.07) is 12.5. The van der Waals surface area contributed by atoms with Crippen molar-refractivity contribution in [3.63, 3.8) is 0 Å². The number of ether oxygens (including phenoxy) is 2. The summed E-state index contributed by atoms with van der Waals surface area (Å²) in [5, 5.41) is 0.